The smallest absolute Gasteiger partial charge is 0.264 e. The largest absolute Gasteiger partial charge is 0.496 e. The maximum absolute atomic E-state index is 12.7. The van der Waals surface area contributed by atoms with E-state index in [9.17, 15) is 10.1 Å². The van der Waals surface area contributed by atoms with Crippen molar-refractivity contribution >= 4 is 39.6 Å². The number of carbonyl (C=O) groups is 1. The molecule has 1 amide bonds. The van der Waals surface area contributed by atoms with Crippen molar-refractivity contribution < 1.29 is 14.3 Å². The molecule has 0 fully saturated rings. The molecule has 1 aliphatic rings. The molecule has 8 heteroatoms. The molecule has 0 radical (unpaired) electrons. The highest BCUT2D eigenvalue weighted by molar-refractivity contribution is 7.80. The molecule has 146 valence electrons. The molecule has 28 heavy (non-hydrogen) atoms. The Bertz CT molecular complexity index is 940. The van der Waals surface area contributed by atoms with Gasteiger partial charge in [0.2, 0.25) is 0 Å². The fourth-order valence-electron chi connectivity index (χ4n) is 3.33. The number of nitriles is 1. The molecule has 1 aromatic heterocycles. The van der Waals surface area contributed by atoms with E-state index >= 15 is 0 Å². The molecule has 0 saturated heterocycles. The van der Waals surface area contributed by atoms with E-state index in [0.29, 0.717) is 28.0 Å². The maximum Gasteiger partial charge on any atom is 0.264 e. The summed E-state index contributed by atoms with van der Waals surface area (Å²) in [5.74, 6) is 0.936. The number of carbonyl (C=O) groups excluding carboxylic acids is 1. The van der Waals surface area contributed by atoms with E-state index in [2.05, 4.69) is 23.6 Å². The minimum Gasteiger partial charge on any atom is -0.496 e. The highest BCUT2D eigenvalue weighted by Gasteiger charge is 2.25. The third-order valence-electron chi connectivity index (χ3n) is 4.73. The topological polar surface area (TPSA) is 83.4 Å². The summed E-state index contributed by atoms with van der Waals surface area (Å²) in [7, 11) is 2.97. The van der Waals surface area contributed by atoms with Crippen molar-refractivity contribution in [2.45, 2.75) is 26.2 Å². The number of thiocarbonyl (C=S) groups is 1. The van der Waals surface area contributed by atoms with Gasteiger partial charge in [-0.25, -0.2) is 0 Å². The summed E-state index contributed by atoms with van der Waals surface area (Å²) >= 11 is 6.85. The number of anilines is 1. The molecule has 0 bridgehead atoms. The first-order chi connectivity index (χ1) is 13.5. The monoisotopic (exact) mass is 415 g/mol. The molecule has 1 heterocycles. The van der Waals surface area contributed by atoms with E-state index in [1.807, 2.05) is 0 Å². The van der Waals surface area contributed by atoms with Gasteiger partial charge in [-0.2, -0.15) is 5.26 Å². The third-order valence-corrected chi connectivity index (χ3v) is 6.11. The van der Waals surface area contributed by atoms with Gasteiger partial charge in [0.1, 0.15) is 28.1 Å². The second-order valence-electron chi connectivity index (χ2n) is 6.61. The number of nitrogens with zero attached hydrogens (tertiary/aromatic N) is 1. The molecule has 0 saturated carbocycles. The molecule has 0 spiro atoms. The first-order valence-electron chi connectivity index (χ1n) is 8.86. The van der Waals surface area contributed by atoms with E-state index in [1.54, 1.807) is 18.2 Å². The Balaban J connectivity index is 1.79. The number of hydrogen-bond acceptors (Lipinski definition) is 6. The Kier molecular flexibility index (Phi) is 6.17. The molecule has 6 nitrogen and oxygen atoms in total. The zero-order valence-corrected chi connectivity index (χ0v) is 17.6. The Morgan fingerprint density at radius 1 is 1.32 bits per heavy atom. The van der Waals surface area contributed by atoms with Crippen LogP contribution in [0.2, 0.25) is 0 Å². The number of methoxy groups -OCH3 is 2. The molecule has 1 atom stereocenters. The summed E-state index contributed by atoms with van der Waals surface area (Å²) in [6, 6.07) is 7.37. The summed E-state index contributed by atoms with van der Waals surface area (Å²) in [6.07, 6.45) is 2.94. The minimum absolute atomic E-state index is 0.126. The van der Waals surface area contributed by atoms with Crippen LogP contribution in [0.4, 0.5) is 5.00 Å². The lowest BCUT2D eigenvalue weighted by molar-refractivity contribution is 0.0971. The fraction of sp³-hybridized carbons (Fsp3) is 0.350. The van der Waals surface area contributed by atoms with Crippen molar-refractivity contribution in [3.63, 3.8) is 0 Å². The van der Waals surface area contributed by atoms with Crippen LogP contribution in [0.5, 0.6) is 11.5 Å². The lowest BCUT2D eigenvalue weighted by Gasteiger charge is -2.17. The number of nitrogens with one attached hydrogen (secondary N) is 2. The predicted molar refractivity (Wildman–Crippen MR) is 113 cm³/mol. The summed E-state index contributed by atoms with van der Waals surface area (Å²) in [4.78, 5) is 14.0. The molecule has 2 N–H and O–H groups in total. The molecule has 0 unspecified atom stereocenters. The summed E-state index contributed by atoms with van der Waals surface area (Å²) in [5, 5.41) is 16.1. The van der Waals surface area contributed by atoms with Crippen molar-refractivity contribution in [2.75, 3.05) is 19.5 Å². The van der Waals surface area contributed by atoms with E-state index in [1.165, 1.54) is 30.4 Å². The van der Waals surface area contributed by atoms with Crippen LogP contribution in [0.25, 0.3) is 0 Å². The van der Waals surface area contributed by atoms with Crippen LogP contribution in [0.15, 0.2) is 18.2 Å². The Labute approximate surface area is 173 Å². The summed E-state index contributed by atoms with van der Waals surface area (Å²) in [5.41, 5.74) is 1.99. The van der Waals surface area contributed by atoms with Gasteiger partial charge in [0.05, 0.1) is 19.8 Å². The number of benzene rings is 1. The number of rotatable bonds is 4. The lowest BCUT2D eigenvalue weighted by Crippen LogP contribution is -2.34. The van der Waals surface area contributed by atoms with E-state index in [0.717, 1.165) is 24.8 Å². The van der Waals surface area contributed by atoms with Crippen LogP contribution in [0.3, 0.4) is 0 Å². The van der Waals surface area contributed by atoms with E-state index in [4.69, 9.17) is 21.7 Å². The number of thiophene rings is 1. The lowest BCUT2D eigenvalue weighted by atomic mass is 9.89. The zero-order chi connectivity index (χ0) is 20.3. The summed E-state index contributed by atoms with van der Waals surface area (Å²) < 4.78 is 10.5. The number of ether oxygens (including phenoxy) is 2. The van der Waals surface area contributed by atoms with Crippen molar-refractivity contribution in [3.8, 4) is 17.6 Å². The molecule has 2 aromatic rings. The van der Waals surface area contributed by atoms with E-state index in [-0.39, 0.29) is 10.7 Å². The summed E-state index contributed by atoms with van der Waals surface area (Å²) in [6.45, 7) is 2.22. The normalized spacial score (nSPS) is 15.1. The highest BCUT2D eigenvalue weighted by atomic mass is 32.1. The quantitative estimate of drug-likeness (QED) is 0.737. The third kappa shape index (κ3) is 3.96. The van der Waals surface area contributed by atoms with Crippen LogP contribution in [0, 0.1) is 17.2 Å². The fourth-order valence-corrected chi connectivity index (χ4v) is 4.96. The first kappa shape index (κ1) is 20.1. The average molecular weight is 416 g/mol. The highest BCUT2D eigenvalue weighted by Crippen LogP contribution is 2.39. The van der Waals surface area contributed by atoms with E-state index < -0.39 is 5.91 Å². The van der Waals surface area contributed by atoms with Crippen LogP contribution in [-0.4, -0.2) is 25.2 Å². The van der Waals surface area contributed by atoms with Crippen LogP contribution >= 0.6 is 23.6 Å². The van der Waals surface area contributed by atoms with Gasteiger partial charge in [0.15, 0.2) is 5.11 Å². The molecular formula is C20H21N3O3S2. The van der Waals surface area contributed by atoms with Crippen molar-refractivity contribution in [3.05, 3.63) is 39.8 Å². The first-order valence-corrected chi connectivity index (χ1v) is 10.1. The van der Waals surface area contributed by atoms with Crippen LogP contribution in [-0.2, 0) is 12.8 Å². The zero-order valence-electron chi connectivity index (χ0n) is 15.9. The average Bonchev–Trinajstić information content (AvgIpc) is 3.02. The Morgan fingerprint density at radius 3 is 2.61 bits per heavy atom. The van der Waals surface area contributed by atoms with Crippen LogP contribution in [0.1, 0.15) is 39.7 Å². The Hall–Kier alpha value is -2.63. The predicted octanol–water partition coefficient (Wildman–Crippen LogP) is 3.89. The molecular weight excluding hydrogens is 394 g/mol. The number of fused-ring (bicyclic) bond motifs is 1. The number of amides is 1. The Morgan fingerprint density at radius 2 is 2.00 bits per heavy atom. The molecule has 1 aliphatic carbocycles. The van der Waals surface area contributed by atoms with Gasteiger partial charge in [-0.15, -0.1) is 11.3 Å². The maximum atomic E-state index is 12.7. The van der Waals surface area contributed by atoms with Gasteiger partial charge in [-0.05, 0) is 55.1 Å². The van der Waals surface area contributed by atoms with Crippen molar-refractivity contribution in [2.24, 2.45) is 5.92 Å². The minimum atomic E-state index is -0.444. The van der Waals surface area contributed by atoms with Gasteiger partial charge >= 0.3 is 0 Å². The molecule has 3 rings (SSSR count). The molecule has 1 aromatic carbocycles. The molecule has 0 aliphatic heterocycles. The standard InChI is InChI=1S/C20H21N3O3S2/c1-11-7-8-12-13(10-21)19(28-16(12)9-11)23-20(27)22-18(24)17-14(25-2)5-4-6-15(17)26-3/h4-6,11H,7-9H2,1-3H3,(H2,22,23,24,27)/t11-/m1/s1. The number of hydrogen-bond donors (Lipinski definition) is 2. The van der Waals surface area contributed by atoms with Crippen LogP contribution < -0.4 is 20.1 Å². The van der Waals surface area contributed by atoms with Gasteiger partial charge in [0.25, 0.3) is 5.91 Å². The van der Waals surface area contributed by atoms with Crippen molar-refractivity contribution in [1.29, 1.82) is 5.26 Å². The van der Waals surface area contributed by atoms with Gasteiger partial charge in [0, 0.05) is 4.88 Å². The van der Waals surface area contributed by atoms with Gasteiger partial charge < -0.3 is 14.8 Å². The second-order valence-corrected chi connectivity index (χ2v) is 8.13. The second kappa shape index (κ2) is 8.59. The van der Waals surface area contributed by atoms with Crippen molar-refractivity contribution in [1.82, 2.24) is 5.32 Å². The SMILES string of the molecule is COc1cccc(OC)c1C(=O)NC(=S)Nc1sc2c(c1C#N)CC[C@@H](C)C2. The van der Waals surface area contributed by atoms with Gasteiger partial charge in [-0.1, -0.05) is 13.0 Å². The van der Waals surface area contributed by atoms with Gasteiger partial charge in [-0.3, -0.25) is 10.1 Å².